The number of carbonyl (C=O) groups is 1. The molecule has 0 aromatic carbocycles. The van der Waals surface area contributed by atoms with E-state index >= 15 is 0 Å². The number of imidazole rings is 1. The summed E-state index contributed by atoms with van der Waals surface area (Å²) in [6.07, 6.45) is 1.92. The molecule has 0 spiro atoms. The van der Waals surface area contributed by atoms with Gasteiger partial charge in [-0.3, -0.25) is 4.68 Å². The zero-order valence-electron chi connectivity index (χ0n) is 11.5. The zero-order valence-corrected chi connectivity index (χ0v) is 11.5. The van der Waals surface area contributed by atoms with Gasteiger partial charge in [0.2, 0.25) is 0 Å². The molecule has 0 radical (unpaired) electrons. The Labute approximate surface area is 111 Å². The van der Waals surface area contributed by atoms with Gasteiger partial charge in [0, 0.05) is 18.8 Å². The molecule has 0 saturated heterocycles. The van der Waals surface area contributed by atoms with Gasteiger partial charge in [-0.2, -0.15) is 5.10 Å². The van der Waals surface area contributed by atoms with Gasteiger partial charge < -0.3 is 15.0 Å². The number of carbonyl (C=O) groups excluding carboxylic acids is 1. The molecule has 19 heavy (non-hydrogen) atoms. The third-order valence-corrected chi connectivity index (χ3v) is 3.02. The molecule has 2 aromatic heterocycles. The van der Waals surface area contributed by atoms with E-state index in [1.807, 2.05) is 20.2 Å². The summed E-state index contributed by atoms with van der Waals surface area (Å²) in [5, 5.41) is 4.28. The van der Waals surface area contributed by atoms with Gasteiger partial charge in [-0.1, -0.05) is 0 Å². The Balaban J connectivity index is 2.38. The maximum absolute atomic E-state index is 11.5. The van der Waals surface area contributed by atoms with E-state index in [2.05, 4.69) is 14.8 Å². The van der Waals surface area contributed by atoms with Crippen LogP contribution in [0.3, 0.4) is 0 Å². The molecular weight excluding hydrogens is 246 g/mol. The first-order valence-electron chi connectivity index (χ1n) is 5.84. The summed E-state index contributed by atoms with van der Waals surface area (Å²) >= 11 is 0. The van der Waals surface area contributed by atoms with E-state index in [-0.39, 0.29) is 5.69 Å². The molecule has 0 saturated carbocycles. The van der Waals surface area contributed by atoms with Crippen LogP contribution in [0.4, 0.5) is 5.82 Å². The van der Waals surface area contributed by atoms with Crippen LogP contribution in [0.5, 0.6) is 0 Å². The molecule has 7 nitrogen and oxygen atoms in total. The summed E-state index contributed by atoms with van der Waals surface area (Å²) in [6.45, 7) is 4.26. The minimum Gasteiger partial charge on any atom is -0.464 e. The molecule has 0 fully saturated rings. The highest BCUT2D eigenvalue weighted by atomic mass is 16.5. The maximum atomic E-state index is 11.5. The van der Waals surface area contributed by atoms with Crippen LogP contribution in [0.2, 0.25) is 0 Å². The van der Waals surface area contributed by atoms with Crippen molar-refractivity contribution in [2.45, 2.75) is 20.4 Å². The minimum atomic E-state index is -0.526. The average molecular weight is 263 g/mol. The maximum Gasteiger partial charge on any atom is 0.360 e. The Bertz CT molecular complexity index is 626. The predicted octanol–water partition coefficient (Wildman–Crippen LogP) is 0.651. The molecule has 0 amide bonds. The smallest absolute Gasteiger partial charge is 0.360 e. The van der Waals surface area contributed by atoms with Crippen LogP contribution in [0.1, 0.15) is 27.6 Å². The molecule has 2 N–H and O–H groups in total. The topological polar surface area (TPSA) is 88.0 Å². The summed E-state index contributed by atoms with van der Waals surface area (Å²) in [4.78, 5) is 15.7. The summed E-state index contributed by atoms with van der Waals surface area (Å²) in [6, 6.07) is 0. The number of nitrogens with two attached hydrogens (primary N) is 1. The molecule has 2 rings (SSSR count). The van der Waals surface area contributed by atoms with E-state index in [0.717, 1.165) is 11.3 Å². The van der Waals surface area contributed by atoms with E-state index in [1.54, 1.807) is 16.2 Å². The van der Waals surface area contributed by atoms with Crippen LogP contribution in [-0.2, 0) is 18.3 Å². The largest absolute Gasteiger partial charge is 0.464 e. The molecule has 2 heterocycles. The van der Waals surface area contributed by atoms with Crippen LogP contribution >= 0.6 is 0 Å². The van der Waals surface area contributed by atoms with Crippen LogP contribution in [0, 0.1) is 13.8 Å². The van der Waals surface area contributed by atoms with Gasteiger partial charge in [0.15, 0.2) is 5.69 Å². The van der Waals surface area contributed by atoms with Crippen LogP contribution in [0.25, 0.3) is 0 Å². The number of anilines is 1. The van der Waals surface area contributed by atoms with Gasteiger partial charge in [0.1, 0.15) is 11.6 Å². The highest BCUT2D eigenvalue weighted by Crippen LogP contribution is 2.18. The molecule has 0 bridgehead atoms. The van der Waals surface area contributed by atoms with Crippen molar-refractivity contribution >= 4 is 11.8 Å². The Hall–Kier alpha value is -2.31. The molecule has 102 valence electrons. The predicted molar refractivity (Wildman–Crippen MR) is 69.8 cm³/mol. The lowest BCUT2D eigenvalue weighted by molar-refractivity contribution is 0.0595. The van der Waals surface area contributed by atoms with E-state index < -0.39 is 5.97 Å². The third-order valence-electron chi connectivity index (χ3n) is 3.02. The monoisotopic (exact) mass is 263 g/mol. The molecule has 0 aliphatic heterocycles. The van der Waals surface area contributed by atoms with Crippen molar-refractivity contribution in [1.82, 2.24) is 19.3 Å². The van der Waals surface area contributed by atoms with Crippen molar-refractivity contribution < 1.29 is 9.53 Å². The fourth-order valence-corrected chi connectivity index (χ4v) is 2.00. The summed E-state index contributed by atoms with van der Waals surface area (Å²) in [5.74, 6) is 0.455. The van der Waals surface area contributed by atoms with Crippen molar-refractivity contribution in [3.05, 3.63) is 29.0 Å². The van der Waals surface area contributed by atoms with Gasteiger partial charge in [0.25, 0.3) is 0 Å². The average Bonchev–Trinajstić information content (AvgIpc) is 2.82. The van der Waals surface area contributed by atoms with Crippen molar-refractivity contribution in [1.29, 1.82) is 0 Å². The van der Waals surface area contributed by atoms with E-state index in [4.69, 9.17) is 5.73 Å². The number of rotatable bonds is 3. The lowest BCUT2D eigenvalue weighted by Gasteiger charge is -2.06. The van der Waals surface area contributed by atoms with Gasteiger partial charge >= 0.3 is 5.97 Å². The number of nitrogen functional groups attached to an aromatic ring is 1. The molecular formula is C12H17N5O2. The third kappa shape index (κ3) is 2.31. The first-order valence-corrected chi connectivity index (χ1v) is 5.84. The van der Waals surface area contributed by atoms with Gasteiger partial charge in [0.05, 0.1) is 19.3 Å². The summed E-state index contributed by atoms with van der Waals surface area (Å²) < 4.78 is 8.17. The highest BCUT2D eigenvalue weighted by Gasteiger charge is 2.19. The van der Waals surface area contributed by atoms with E-state index in [1.165, 1.54) is 7.11 Å². The molecule has 0 atom stereocenters. The number of methoxy groups -OCH3 is 1. The lowest BCUT2D eigenvalue weighted by Crippen LogP contribution is -2.09. The fourth-order valence-electron chi connectivity index (χ4n) is 2.00. The standard InChI is InChI=1S/C12H17N5O2/c1-7-9(5-16(3)15-7)6-17-8(2)14-10(11(17)13)12(18)19-4/h5H,6,13H2,1-4H3. The number of aryl methyl sites for hydroxylation is 3. The molecule has 0 unspecified atom stereocenters. The number of hydrogen-bond acceptors (Lipinski definition) is 5. The van der Waals surface area contributed by atoms with Gasteiger partial charge in [-0.15, -0.1) is 0 Å². The van der Waals surface area contributed by atoms with Crippen molar-refractivity contribution in [3.63, 3.8) is 0 Å². The molecule has 0 aliphatic carbocycles. The van der Waals surface area contributed by atoms with E-state index in [0.29, 0.717) is 18.2 Å². The Morgan fingerprint density at radius 1 is 1.47 bits per heavy atom. The molecule has 0 aliphatic rings. The first kappa shape index (κ1) is 13.1. The van der Waals surface area contributed by atoms with Crippen LogP contribution < -0.4 is 5.73 Å². The van der Waals surface area contributed by atoms with Crippen molar-refractivity contribution in [3.8, 4) is 0 Å². The summed E-state index contributed by atoms with van der Waals surface area (Å²) in [7, 11) is 3.17. The lowest BCUT2D eigenvalue weighted by atomic mass is 10.2. The Morgan fingerprint density at radius 3 is 2.68 bits per heavy atom. The minimum absolute atomic E-state index is 0.154. The van der Waals surface area contributed by atoms with Gasteiger partial charge in [-0.25, -0.2) is 9.78 Å². The number of hydrogen-bond donors (Lipinski definition) is 1. The molecule has 7 heteroatoms. The van der Waals surface area contributed by atoms with E-state index in [9.17, 15) is 4.79 Å². The second-order valence-electron chi connectivity index (χ2n) is 4.38. The Kier molecular flexibility index (Phi) is 3.28. The normalized spacial score (nSPS) is 10.7. The van der Waals surface area contributed by atoms with Crippen molar-refractivity contribution in [2.24, 2.45) is 7.05 Å². The first-order chi connectivity index (χ1) is 8.93. The van der Waals surface area contributed by atoms with Crippen LogP contribution in [-0.4, -0.2) is 32.4 Å². The SMILES string of the molecule is COC(=O)c1nc(C)n(Cc2cn(C)nc2C)c1N. The number of nitrogens with zero attached hydrogens (tertiary/aromatic N) is 4. The number of ether oxygens (including phenoxy) is 1. The quantitative estimate of drug-likeness (QED) is 0.821. The Morgan fingerprint density at radius 2 is 2.16 bits per heavy atom. The van der Waals surface area contributed by atoms with Gasteiger partial charge in [-0.05, 0) is 13.8 Å². The summed E-state index contributed by atoms with van der Waals surface area (Å²) in [5.41, 5.74) is 8.07. The molecule has 2 aromatic rings. The second kappa shape index (κ2) is 4.75. The fraction of sp³-hybridized carbons (Fsp3) is 0.417. The van der Waals surface area contributed by atoms with Crippen LogP contribution in [0.15, 0.2) is 6.20 Å². The zero-order chi connectivity index (χ0) is 14.2. The highest BCUT2D eigenvalue weighted by molar-refractivity contribution is 5.92. The number of aromatic nitrogens is 4. The second-order valence-corrected chi connectivity index (χ2v) is 4.38. The van der Waals surface area contributed by atoms with Crippen molar-refractivity contribution in [2.75, 3.05) is 12.8 Å². The number of esters is 1.